The zero-order valence-corrected chi connectivity index (χ0v) is 12.1. The van der Waals surface area contributed by atoms with E-state index in [-0.39, 0.29) is 29.6 Å². The fraction of sp³-hybridized carbons (Fsp3) is 0.500. The fourth-order valence-electron chi connectivity index (χ4n) is 1.47. The molecule has 0 aromatic carbocycles. The Labute approximate surface area is 126 Å². The van der Waals surface area contributed by atoms with Crippen LogP contribution in [-0.2, 0) is 34.7 Å². The number of hydrogen-bond donors (Lipinski definition) is 0. The average molecular weight is 285 g/mol. The Morgan fingerprint density at radius 3 is 2.06 bits per heavy atom. The van der Waals surface area contributed by atoms with Crippen LogP contribution in [-0.4, -0.2) is 32.3 Å². The normalized spacial score (nSPS) is 24.9. The van der Waals surface area contributed by atoms with Gasteiger partial charge in [-0.25, -0.2) is 4.21 Å². The summed E-state index contributed by atoms with van der Waals surface area (Å²) in [6.07, 6.45) is -1.38. The molecule has 0 amide bonds. The Hall–Kier alpha value is -0.610. The average Bonchev–Trinajstić information content (AvgIpc) is 2.19. The van der Waals surface area contributed by atoms with Gasteiger partial charge in [-0.05, 0) is 0 Å². The molecule has 1 saturated carbocycles. The minimum atomic E-state index is -3.13. The quantitative estimate of drug-likeness (QED) is 0.284. The van der Waals surface area contributed by atoms with Crippen molar-refractivity contribution in [3.05, 3.63) is 0 Å². The Bertz CT molecular complexity index is 419. The van der Waals surface area contributed by atoms with Gasteiger partial charge in [0.15, 0.2) is 0 Å². The SMILES string of the molecule is O=C([O-])C1CC(=O)C(C(=O)OS(=O)[O-])CC1=O.[Na+]. The number of aliphatic carboxylic acids is 1. The van der Waals surface area contributed by atoms with Crippen LogP contribution in [0.25, 0.3) is 0 Å². The van der Waals surface area contributed by atoms with E-state index in [0.29, 0.717) is 0 Å². The second-order valence-corrected chi connectivity index (χ2v) is 3.95. The summed E-state index contributed by atoms with van der Waals surface area (Å²) in [5.74, 6) is -7.92. The van der Waals surface area contributed by atoms with Crippen molar-refractivity contribution in [1.29, 1.82) is 0 Å². The first-order valence-corrected chi connectivity index (χ1v) is 5.40. The molecule has 8 nitrogen and oxygen atoms in total. The van der Waals surface area contributed by atoms with Gasteiger partial charge in [-0.2, -0.15) is 0 Å². The van der Waals surface area contributed by atoms with Crippen molar-refractivity contribution >= 4 is 34.9 Å². The van der Waals surface area contributed by atoms with Crippen LogP contribution in [0.2, 0.25) is 0 Å². The molecule has 0 aromatic heterocycles. The van der Waals surface area contributed by atoms with Gasteiger partial charge in [0.05, 0.1) is 11.9 Å². The third-order valence-corrected chi connectivity index (χ3v) is 2.61. The summed E-state index contributed by atoms with van der Waals surface area (Å²) in [6, 6.07) is 0. The molecule has 0 saturated heterocycles. The maximum Gasteiger partial charge on any atom is 1.00 e. The smallest absolute Gasteiger partial charge is 0.740 e. The van der Waals surface area contributed by atoms with Gasteiger partial charge < -0.3 is 18.6 Å². The van der Waals surface area contributed by atoms with Crippen LogP contribution in [0.3, 0.4) is 0 Å². The first-order valence-electron chi connectivity index (χ1n) is 4.40. The molecule has 0 aliphatic heterocycles. The summed E-state index contributed by atoms with van der Waals surface area (Å²) < 4.78 is 23.9. The molecule has 18 heavy (non-hydrogen) atoms. The summed E-state index contributed by atoms with van der Waals surface area (Å²) in [5.41, 5.74) is 0. The molecule has 94 valence electrons. The number of carboxylic acids is 1. The van der Waals surface area contributed by atoms with Crippen LogP contribution < -0.4 is 34.7 Å². The van der Waals surface area contributed by atoms with Crippen LogP contribution in [0.5, 0.6) is 0 Å². The van der Waals surface area contributed by atoms with Crippen molar-refractivity contribution in [1.82, 2.24) is 0 Å². The number of carbonyl (C=O) groups excluding carboxylic acids is 4. The Morgan fingerprint density at radius 2 is 1.61 bits per heavy atom. The first kappa shape index (κ1) is 17.4. The fourth-order valence-corrected chi connectivity index (χ4v) is 1.72. The molecule has 3 atom stereocenters. The van der Waals surface area contributed by atoms with Crippen LogP contribution in [0.15, 0.2) is 0 Å². The Morgan fingerprint density at radius 1 is 1.17 bits per heavy atom. The summed E-state index contributed by atoms with van der Waals surface area (Å²) >= 11 is -3.13. The van der Waals surface area contributed by atoms with Gasteiger partial charge in [0.1, 0.15) is 28.8 Å². The van der Waals surface area contributed by atoms with Crippen molar-refractivity contribution in [2.75, 3.05) is 0 Å². The minimum absolute atomic E-state index is 0. The minimum Gasteiger partial charge on any atom is -0.740 e. The Balaban J connectivity index is 0.00000289. The summed E-state index contributed by atoms with van der Waals surface area (Å²) in [4.78, 5) is 44.1. The van der Waals surface area contributed by atoms with Gasteiger partial charge in [0.25, 0.3) is 0 Å². The summed E-state index contributed by atoms with van der Waals surface area (Å²) in [5, 5.41) is 10.5. The van der Waals surface area contributed by atoms with Gasteiger partial charge in [0, 0.05) is 12.8 Å². The first-order chi connectivity index (χ1) is 7.82. The molecule has 10 heteroatoms. The van der Waals surface area contributed by atoms with Crippen LogP contribution in [0.4, 0.5) is 0 Å². The number of rotatable bonds is 3. The van der Waals surface area contributed by atoms with E-state index >= 15 is 0 Å². The molecular formula is C8H6NaO8S-. The van der Waals surface area contributed by atoms with Crippen molar-refractivity contribution in [2.45, 2.75) is 12.8 Å². The predicted molar refractivity (Wildman–Crippen MR) is 46.2 cm³/mol. The molecule has 1 aliphatic carbocycles. The molecule has 0 spiro atoms. The summed E-state index contributed by atoms with van der Waals surface area (Å²) in [6.45, 7) is 0. The van der Waals surface area contributed by atoms with E-state index in [4.69, 9.17) is 0 Å². The van der Waals surface area contributed by atoms with Gasteiger partial charge in [-0.1, -0.05) is 0 Å². The molecule has 0 heterocycles. The standard InChI is InChI=1S/C8H8O8S.Na/c9-5-2-4(8(13)16-17(14)15)6(10)1-3(5)7(11)12;/h3-4H,1-2H2,(H,11,12)(H,14,15);/q;+1/p-2. The second-order valence-electron chi connectivity index (χ2n) is 3.37. The van der Waals surface area contributed by atoms with Crippen LogP contribution in [0.1, 0.15) is 12.8 Å². The van der Waals surface area contributed by atoms with E-state index in [2.05, 4.69) is 4.18 Å². The maximum absolute atomic E-state index is 11.3. The molecule has 0 bridgehead atoms. The molecular weight excluding hydrogens is 279 g/mol. The van der Waals surface area contributed by atoms with E-state index in [1.54, 1.807) is 0 Å². The summed E-state index contributed by atoms with van der Waals surface area (Å²) in [7, 11) is 0. The molecule has 1 fully saturated rings. The van der Waals surface area contributed by atoms with Gasteiger partial charge in [-0.3, -0.25) is 14.4 Å². The molecule has 0 aromatic rings. The maximum atomic E-state index is 11.3. The number of carboxylic acid groups (broad SMARTS) is 1. The predicted octanol–water partition coefficient (Wildman–Crippen LogP) is -5.76. The monoisotopic (exact) mass is 285 g/mol. The van der Waals surface area contributed by atoms with Crippen molar-refractivity contribution in [2.24, 2.45) is 11.8 Å². The van der Waals surface area contributed by atoms with E-state index < -0.39 is 59.5 Å². The molecule has 0 N–H and O–H groups in total. The zero-order valence-electron chi connectivity index (χ0n) is 9.24. The largest absolute Gasteiger partial charge is 1.00 e. The topological polar surface area (TPSA) is 141 Å². The van der Waals surface area contributed by atoms with E-state index in [1.165, 1.54) is 0 Å². The second kappa shape index (κ2) is 7.10. The third-order valence-electron chi connectivity index (χ3n) is 2.31. The molecule has 0 radical (unpaired) electrons. The van der Waals surface area contributed by atoms with E-state index in [1.807, 2.05) is 0 Å². The molecule has 1 rings (SSSR count). The van der Waals surface area contributed by atoms with Crippen molar-refractivity contribution in [3.63, 3.8) is 0 Å². The van der Waals surface area contributed by atoms with E-state index in [0.717, 1.165) is 0 Å². The number of ketones is 2. The van der Waals surface area contributed by atoms with Gasteiger partial charge in [-0.15, -0.1) is 0 Å². The zero-order chi connectivity index (χ0) is 13.2. The molecule has 1 aliphatic rings. The van der Waals surface area contributed by atoms with Gasteiger partial charge in [0.2, 0.25) is 0 Å². The van der Waals surface area contributed by atoms with Crippen LogP contribution >= 0.6 is 0 Å². The number of hydrogen-bond acceptors (Lipinski definition) is 8. The van der Waals surface area contributed by atoms with Crippen molar-refractivity contribution in [3.8, 4) is 0 Å². The molecule has 3 unspecified atom stereocenters. The number of Topliss-reactive ketones (excluding diaryl/α,β-unsaturated/α-hetero) is 2. The number of carbonyl (C=O) groups is 4. The van der Waals surface area contributed by atoms with Crippen molar-refractivity contribution < 1.29 is 66.8 Å². The van der Waals surface area contributed by atoms with Crippen LogP contribution in [0, 0.1) is 11.8 Å². The van der Waals surface area contributed by atoms with E-state index in [9.17, 15) is 33.0 Å². The Kier molecular flexibility index (Phi) is 6.86. The van der Waals surface area contributed by atoms with Gasteiger partial charge >= 0.3 is 35.5 Å². The third kappa shape index (κ3) is 4.25.